The fourth-order valence-corrected chi connectivity index (χ4v) is 7.15. The maximum absolute atomic E-state index is 10.5. The molecule has 22 heavy (non-hydrogen) atoms. The molecule has 0 radical (unpaired) electrons. The van der Waals surface area contributed by atoms with Crippen LogP contribution in [0.1, 0.15) is 71.6 Å². The van der Waals surface area contributed by atoms with E-state index in [0.29, 0.717) is 5.41 Å². The van der Waals surface area contributed by atoms with Crippen molar-refractivity contribution >= 4 is 5.71 Å². The smallest absolute Gasteiger partial charge is 0.0596 e. The summed E-state index contributed by atoms with van der Waals surface area (Å²) in [6.45, 7) is 4.94. The van der Waals surface area contributed by atoms with Crippen LogP contribution in [0.25, 0.3) is 0 Å². The van der Waals surface area contributed by atoms with Crippen LogP contribution in [0.3, 0.4) is 0 Å². The standard InChI is InChI=1S/C19H32N2O/c1-18-9-7-13(21-20)11-12(18)3-4-14-15-5-6-17(22)19(15,2)10-8-16(14)18/h12,14-17,22H,3-11,20H2,1-2H3/b21-13-/t12-,14+,15-,16+,17-,18-,19-/m0/s1. The summed E-state index contributed by atoms with van der Waals surface area (Å²) < 4.78 is 0. The maximum atomic E-state index is 10.5. The van der Waals surface area contributed by atoms with Gasteiger partial charge in [-0.15, -0.1) is 0 Å². The van der Waals surface area contributed by atoms with Crippen LogP contribution in [0, 0.1) is 34.5 Å². The van der Waals surface area contributed by atoms with E-state index in [1.165, 1.54) is 44.2 Å². The number of hydrogen-bond donors (Lipinski definition) is 2. The summed E-state index contributed by atoms with van der Waals surface area (Å²) in [4.78, 5) is 0. The molecule has 4 fully saturated rings. The van der Waals surface area contributed by atoms with Crippen LogP contribution in [0.2, 0.25) is 0 Å². The highest BCUT2D eigenvalue weighted by molar-refractivity contribution is 5.85. The molecule has 0 bridgehead atoms. The molecule has 0 spiro atoms. The van der Waals surface area contributed by atoms with Gasteiger partial charge in [-0.1, -0.05) is 13.8 Å². The van der Waals surface area contributed by atoms with Crippen molar-refractivity contribution in [2.75, 3.05) is 0 Å². The highest BCUT2D eigenvalue weighted by Crippen LogP contribution is 2.65. The first-order chi connectivity index (χ1) is 10.5. The molecule has 4 aliphatic rings. The molecule has 3 nitrogen and oxygen atoms in total. The molecule has 7 atom stereocenters. The fraction of sp³-hybridized carbons (Fsp3) is 0.947. The van der Waals surface area contributed by atoms with Crippen molar-refractivity contribution in [3.05, 3.63) is 0 Å². The van der Waals surface area contributed by atoms with Crippen molar-refractivity contribution in [3.8, 4) is 0 Å². The maximum Gasteiger partial charge on any atom is 0.0596 e. The largest absolute Gasteiger partial charge is 0.393 e. The molecular formula is C19H32N2O. The van der Waals surface area contributed by atoms with Gasteiger partial charge in [0.2, 0.25) is 0 Å². The number of aliphatic hydroxyl groups is 1. The number of nitrogens with two attached hydrogens (primary N) is 1. The third kappa shape index (κ3) is 1.87. The molecule has 3 N–H and O–H groups in total. The van der Waals surface area contributed by atoms with Gasteiger partial charge in [-0.05, 0) is 92.3 Å². The van der Waals surface area contributed by atoms with Gasteiger partial charge >= 0.3 is 0 Å². The quantitative estimate of drug-likeness (QED) is 0.529. The summed E-state index contributed by atoms with van der Waals surface area (Å²) in [6.07, 6.45) is 11.1. The summed E-state index contributed by atoms with van der Waals surface area (Å²) in [6, 6.07) is 0. The minimum absolute atomic E-state index is 0.0497. The molecule has 4 rings (SSSR count). The lowest BCUT2D eigenvalue weighted by Crippen LogP contribution is -2.54. The number of aliphatic hydroxyl groups excluding tert-OH is 1. The van der Waals surface area contributed by atoms with E-state index in [4.69, 9.17) is 5.84 Å². The predicted molar refractivity (Wildman–Crippen MR) is 89.4 cm³/mol. The van der Waals surface area contributed by atoms with Crippen LogP contribution in [0.4, 0.5) is 0 Å². The first-order valence-corrected chi connectivity index (χ1v) is 9.43. The van der Waals surface area contributed by atoms with Crippen molar-refractivity contribution in [3.63, 3.8) is 0 Å². The summed E-state index contributed by atoms with van der Waals surface area (Å²) in [7, 11) is 0. The molecule has 0 aromatic carbocycles. The van der Waals surface area contributed by atoms with Gasteiger partial charge in [0.25, 0.3) is 0 Å². The highest BCUT2D eigenvalue weighted by atomic mass is 16.3. The molecule has 0 saturated heterocycles. The van der Waals surface area contributed by atoms with Crippen molar-refractivity contribution in [1.29, 1.82) is 0 Å². The predicted octanol–water partition coefficient (Wildman–Crippen LogP) is 3.70. The van der Waals surface area contributed by atoms with Gasteiger partial charge in [0.05, 0.1) is 6.10 Å². The van der Waals surface area contributed by atoms with Gasteiger partial charge in [-0.25, -0.2) is 0 Å². The van der Waals surface area contributed by atoms with Gasteiger partial charge in [-0.3, -0.25) is 0 Å². The van der Waals surface area contributed by atoms with Crippen LogP contribution < -0.4 is 5.84 Å². The zero-order valence-electron chi connectivity index (χ0n) is 14.2. The fourth-order valence-electron chi connectivity index (χ4n) is 7.15. The zero-order valence-corrected chi connectivity index (χ0v) is 14.2. The molecule has 0 amide bonds. The molecule has 0 heterocycles. The lowest BCUT2D eigenvalue weighted by atomic mass is 9.45. The Kier molecular flexibility index (Phi) is 3.38. The van der Waals surface area contributed by atoms with Crippen molar-refractivity contribution in [2.45, 2.75) is 77.7 Å². The number of nitrogens with zero attached hydrogens (tertiary/aromatic N) is 1. The van der Waals surface area contributed by atoms with Crippen molar-refractivity contribution in [1.82, 2.24) is 0 Å². The van der Waals surface area contributed by atoms with Crippen molar-refractivity contribution < 1.29 is 5.11 Å². The molecule has 4 aliphatic carbocycles. The second kappa shape index (κ2) is 4.96. The number of rotatable bonds is 0. The molecule has 0 aliphatic heterocycles. The normalized spacial score (nSPS) is 56.3. The monoisotopic (exact) mass is 304 g/mol. The van der Waals surface area contributed by atoms with E-state index in [0.717, 1.165) is 42.9 Å². The van der Waals surface area contributed by atoms with Crippen LogP contribution in [0.5, 0.6) is 0 Å². The van der Waals surface area contributed by atoms with Crippen LogP contribution in [0.15, 0.2) is 5.10 Å². The second-order valence-electron chi connectivity index (χ2n) is 9.19. The summed E-state index contributed by atoms with van der Waals surface area (Å²) in [5.41, 5.74) is 1.95. The van der Waals surface area contributed by atoms with Gasteiger partial charge in [0.1, 0.15) is 0 Å². The first kappa shape index (κ1) is 15.0. The zero-order chi connectivity index (χ0) is 15.5. The van der Waals surface area contributed by atoms with Crippen molar-refractivity contribution in [2.24, 2.45) is 45.4 Å². The minimum Gasteiger partial charge on any atom is -0.393 e. The highest BCUT2D eigenvalue weighted by Gasteiger charge is 2.59. The van der Waals surface area contributed by atoms with E-state index >= 15 is 0 Å². The average molecular weight is 304 g/mol. The van der Waals surface area contributed by atoms with E-state index < -0.39 is 0 Å². The van der Waals surface area contributed by atoms with Crippen LogP contribution in [-0.4, -0.2) is 16.9 Å². The average Bonchev–Trinajstić information content (AvgIpc) is 2.82. The van der Waals surface area contributed by atoms with E-state index in [1.54, 1.807) is 0 Å². The van der Waals surface area contributed by atoms with Gasteiger partial charge in [0.15, 0.2) is 0 Å². The number of hydrazone groups is 1. The molecule has 4 saturated carbocycles. The Morgan fingerprint density at radius 3 is 2.55 bits per heavy atom. The Hall–Kier alpha value is -0.570. The van der Waals surface area contributed by atoms with E-state index in [9.17, 15) is 5.11 Å². The van der Waals surface area contributed by atoms with E-state index in [1.807, 2.05) is 0 Å². The molecule has 0 aromatic heterocycles. The topological polar surface area (TPSA) is 58.6 Å². The third-order valence-electron chi connectivity index (χ3n) is 8.63. The van der Waals surface area contributed by atoms with Crippen LogP contribution in [-0.2, 0) is 0 Å². The van der Waals surface area contributed by atoms with Gasteiger partial charge in [0, 0.05) is 5.71 Å². The molecule has 0 aromatic rings. The Morgan fingerprint density at radius 1 is 1.00 bits per heavy atom. The Morgan fingerprint density at radius 2 is 1.77 bits per heavy atom. The summed E-state index contributed by atoms with van der Waals surface area (Å²) >= 11 is 0. The number of hydrogen-bond acceptors (Lipinski definition) is 3. The third-order valence-corrected chi connectivity index (χ3v) is 8.63. The lowest BCUT2D eigenvalue weighted by molar-refractivity contribution is -0.112. The summed E-state index contributed by atoms with van der Waals surface area (Å²) in [5.74, 6) is 8.85. The Bertz CT molecular complexity index is 490. The first-order valence-electron chi connectivity index (χ1n) is 9.43. The van der Waals surface area contributed by atoms with Gasteiger partial charge in [-0.2, -0.15) is 5.10 Å². The molecule has 124 valence electrons. The van der Waals surface area contributed by atoms with Crippen LogP contribution >= 0.6 is 0 Å². The molecule has 3 heteroatoms. The molecule has 0 unspecified atom stereocenters. The SMILES string of the molecule is C[C@]12CC/C(=N/N)C[C@@H]1CC[C@H]1[C@H]2CC[C@]2(C)[C@@H](O)CC[C@@H]12. The Balaban J connectivity index is 1.62. The second-order valence-corrected chi connectivity index (χ2v) is 9.19. The minimum atomic E-state index is -0.0497. The summed E-state index contributed by atoms with van der Waals surface area (Å²) in [5, 5.41) is 14.5. The Labute approximate surface area is 134 Å². The lowest BCUT2D eigenvalue weighted by Gasteiger charge is -2.60. The number of fused-ring (bicyclic) bond motifs is 5. The van der Waals surface area contributed by atoms with E-state index in [2.05, 4.69) is 18.9 Å². The van der Waals surface area contributed by atoms with E-state index in [-0.39, 0.29) is 11.5 Å². The van der Waals surface area contributed by atoms with Gasteiger partial charge < -0.3 is 10.9 Å². The molecular weight excluding hydrogens is 272 g/mol.